The summed E-state index contributed by atoms with van der Waals surface area (Å²) in [6.45, 7) is 14.2. The van der Waals surface area contributed by atoms with Crippen LogP contribution in [0.2, 0.25) is 18.1 Å². The fraction of sp³-hybridized carbons (Fsp3) is 0.684. The van der Waals surface area contributed by atoms with E-state index in [1.54, 1.807) is 24.3 Å². The van der Waals surface area contributed by atoms with Gasteiger partial charge >= 0.3 is 0 Å². The maximum absolute atomic E-state index is 12.3. The molecular weight excluding hydrogens is 336 g/mol. The molecule has 138 valence electrons. The van der Waals surface area contributed by atoms with Gasteiger partial charge in [-0.3, -0.25) is 0 Å². The second-order valence-electron chi connectivity index (χ2n) is 8.28. The molecule has 1 rings (SSSR count). The molecule has 0 saturated heterocycles. The fourth-order valence-corrected chi connectivity index (χ4v) is 4.83. The van der Waals surface area contributed by atoms with E-state index in [2.05, 4.69) is 40.8 Å². The van der Waals surface area contributed by atoms with E-state index in [9.17, 15) is 8.42 Å². The third kappa shape index (κ3) is 6.69. The van der Waals surface area contributed by atoms with Crippen LogP contribution in [-0.2, 0) is 14.3 Å². The van der Waals surface area contributed by atoms with E-state index in [-0.39, 0.29) is 10.8 Å². The molecule has 0 aliphatic carbocycles. The molecular formula is C19H34O3SSi. The van der Waals surface area contributed by atoms with Gasteiger partial charge in [0.25, 0.3) is 0 Å². The van der Waals surface area contributed by atoms with Crippen LogP contribution in [0.4, 0.5) is 0 Å². The van der Waals surface area contributed by atoms with Crippen LogP contribution in [-0.4, -0.2) is 29.1 Å². The fourth-order valence-electron chi connectivity index (χ4n) is 2.22. The Morgan fingerprint density at radius 2 is 1.67 bits per heavy atom. The Labute approximate surface area is 149 Å². The molecule has 1 unspecified atom stereocenters. The Morgan fingerprint density at radius 1 is 1.08 bits per heavy atom. The van der Waals surface area contributed by atoms with Crippen molar-refractivity contribution in [2.45, 2.75) is 70.0 Å². The summed E-state index contributed by atoms with van der Waals surface area (Å²) >= 11 is 0. The second kappa shape index (κ2) is 8.63. The van der Waals surface area contributed by atoms with Crippen LogP contribution >= 0.6 is 0 Å². The van der Waals surface area contributed by atoms with Crippen molar-refractivity contribution in [2.24, 2.45) is 5.92 Å². The summed E-state index contributed by atoms with van der Waals surface area (Å²) in [5, 5.41) is 0.238. The topological polar surface area (TPSA) is 43.4 Å². The van der Waals surface area contributed by atoms with E-state index in [4.69, 9.17) is 4.43 Å². The van der Waals surface area contributed by atoms with Crippen LogP contribution < -0.4 is 0 Å². The molecule has 0 radical (unpaired) electrons. The number of hydrogen-bond donors (Lipinski definition) is 0. The summed E-state index contributed by atoms with van der Waals surface area (Å²) in [6.07, 6.45) is 2.72. The van der Waals surface area contributed by atoms with Gasteiger partial charge in [0.2, 0.25) is 0 Å². The van der Waals surface area contributed by atoms with Crippen LogP contribution in [0.5, 0.6) is 0 Å². The molecule has 24 heavy (non-hydrogen) atoms. The van der Waals surface area contributed by atoms with Gasteiger partial charge in [-0.1, -0.05) is 45.9 Å². The van der Waals surface area contributed by atoms with E-state index < -0.39 is 18.2 Å². The van der Waals surface area contributed by atoms with Gasteiger partial charge in [0.05, 0.1) is 10.6 Å². The lowest BCUT2D eigenvalue weighted by Crippen LogP contribution is -2.41. The Hall–Kier alpha value is -0.653. The molecule has 0 spiro atoms. The van der Waals surface area contributed by atoms with Crippen LogP contribution in [0.3, 0.4) is 0 Å². The molecule has 0 aliphatic rings. The first-order valence-electron chi connectivity index (χ1n) is 8.87. The van der Waals surface area contributed by atoms with Gasteiger partial charge in [0.15, 0.2) is 18.2 Å². The van der Waals surface area contributed by atoms with Crippen LogP contribution in [0.15, 0.2) is 35.2 Å². The minimum Gasteiger partial charge on any atom is -0.417 e. The average molecular weight is 371 g/mol. The maximum atomic E-state index is 12.3. The highest BCUT2D eigenvalue weighted by Gasteiger charge is 2.36. The number of benzene rings is 1. The molecule has 0 N–H and O–H groups in total. The molecule has 1 aromatic rings. The van der Waals surface area contributed by atoms with Crippen molar-refractivity contribution >= 4 is 18.2 Å². The summed E-state index contributed by atoms with van der Waals surface area (Å²) in [4.78, 5) is 0.429. The van der Waals surface area contributed by atoms with E-state index in [0.717, 1.165) is 19.4 Å². The van der Waals surface area contributed by atoms with Crippen molar-refractivity contribution in [3.8, 4) is 0 Å². The highest BCUT2D eigenvalue weighted by Crippen LogP contribution is 2.36. The third-order valence-electron chi connectivity index (χ3n) is 5.09. The number of rotatable bonds is 9. The molecule has 0 aliphatic heterocycles. The van der Waals surface area contributed by atoms with Gasteiger partial charge in [0.1, 0.15) is 0 Å². The minimum atomic E-state index is -3.15. The van der Waals surface area contributed by atoms with Gasteiger partial charge in [-0.15, -0.1) is 0 Å². The average Bonchev–Trinajstić information content (AvgIpc) is 2.49. The summed E-state index contributed by atoms with van der Waals surface area (Å²) < 4.78 is 30.8. The molecule has 1 atom stereocenters. The highest BCUT2D eigenvalue weighted by atomic mass is 32.2. The first-order valence-corrected chi connectivity index (χ1v) is 13.4. The van der Waals surface area contributed by atoms with Crippen LogP contribution in [0.25, 0.3) is 0 Å². The van der Waals surface area contributed by atoms with E-state index in [1.807, 2.05) is 6.07 Å². The Balaban J connectivity index is 2.34. The van der Waals surface area contributed by atoms with Crippen molar-refractivity contribution in [1.29, 1.82) is 0 Å². The highest BCUT2D eigenvalue weighted by molar-refractivity contribution is 7.91. The lowest BCUT2D eigenvalue weighted by Gasteiger charge is -2.36. The van der Waals surface area contributed by atoms with Gasteiger partial charge in [-0.25, -0.2) is 8.42 Å². The van der Waals surface area contributed by atoms with Crippen molar-refractivity contribution in [3.63, 3.8) is 0 Å². The molecule has 0 bridgehead atoms. The summed E-state index contributed by atoms with van der Waals surface area (Å²) in [7, 11) is -4.82. The van der Waals surface area contributed by atoms with Crippen molar-refractivity contribution in [2.75, 3.05) is 12.4 Å². The number of sulfone groups is 1. The summed E-state index contributed by atoms with van der Waals surface area (Å²) in [5.74, 6) is 0.618. The molecule has 0 fully saturated rings. The SMILES string of the molecule is CC(CCCO[Si](C)(C)C(C)(C)C)CCS(=O)(=O)c1ccccc1. The molecule has 0 saturated carbocycles. The molecule has 0 aromatic heterocycles. The predicted octanol–water partition coefficient (Wildman–Crippen LogP) is 5.29. The zero-order valence-corrected chi connectivity index (χ0v) is 17.9. The van der Waals surface area contributed by atoms with Gasteiger partial charge < -0.3 is 4.43 Å². The zero-order valence-electron chi connectivity index (χ0n) is 16.1. The molecule has 0 amide bonds. The van der Waals surface area contributed by atoms with Crippen LogP contribution in [0.1, 0.15) is 47.0 Å². The van der Waals surface area contributed by atoms with Crippen molar-refractivity contribution in [3.05, 3.63) is 30.3 Å². The van der Waals surface area contributed by atoms with Gasteiger partial charge in [-0.05, 0) is 55.4 Å². The minimum absolute atomic E-state index is 0.223. The Kier molecular flexibility index (Phi) is 7.69. The predicted molar refractivity (Wildman–Crippen MR) is 105 cm³/mol. The quantitative estimate of drug-likeness (QED) is 0.438. The zero-order chi connectivity index (χ0) is 18.4. The first kappa shape index (κ1) is 21.4. The molecule has 1 aromatic carbocycles. The smallest absolute Gasteiger partial charge is 0.191 e. The van der Waals surface area contributed by atoms with E-state index >= 15 is 0 Å². The standard InChI is InChI=1S/C19H34O3SSi/c1-17(11-10-15-22-24(5,6)19(2,3)4)14-16-23(20,21)18-12-8-7-9-13-18/h7-9,12-13,17H,10-11,14-16H2,1-6H3. The third-order valence-corrected chi connectivity index (χ3v) is 11.4. The van der Waals surface area contributed by atoms with Gasteiger partial charge in [-0.2, -0.15) is 0 Å². The molecule has 3 nitrogen and oxygen atoms in total. The monoisotopic (exact) mass is 370 g/mol. The van der Waals surface area contributed by atoms with Crippen molar-refractivity contribution in [1.82, 2.24) is 0 Å². The Morgan fingerprint density at radius 3 is 2.21 bits per heavy atom. The maximum Gasteiger partial charge on any atom is 0.191 e. The second-order valence-corrected chi connectivity index (χ2v) is 15.2. The lowest BCUT2D eigenvalue weighted by atomic mass is 10.0. The largest absolute Gasteiger partial charge is 0.417 e. The lowest BCUT2D eigenvalue weighted by molar-refractivity contribution is 0.269. The normalized spacial score (nSPS) is 14.6. The van der Waals surface area contributed by atoms with Gasteiger partial charge in [0, 0.05) is 6.61 Å². The number of hydrogen-bond acceptors (Lipinski definition) is 3. The molecule has 0 heterocycles. The van der Waals surface area contributed by atoms with E-state index in [0.29, 0.717) is 17.2 Å². The Bertz CT molecular complexity index is 589. The van der Waals surface area contributed by atoms with Crippen LogP contribution in [0, 0.1) is 5.92 Å². The summed E-state index contributed by atoms with van der Waals surface area (Å²) in [6, 6.07) is 8.73. The summed E-state index contributed by atoms with van der Waals surface area (Å²) in [5.41, 5.74) is 0. The van der Waals surface area contributed by atoms with Crippen molar-refractivity contribution < 1.29 is 12.8 Å². The molecule has 5 heteroatoms. The first-order chi connectivity index (χ1) is 11.0. The van der Waals surface area contributed by atoms with E-state index in [1.165, 1.54) is 0 Å².